The third kappa shape index (κ3) is 2.15. The Morgan fingerprint density at radius 2 is 1.94 bits per heavy atom. The summed E-state index contributed by atoms with van der Waals surface area (Å²) >= 11 is 0. The molecule has 0 aliphatic rings. The van der Waals surface area contributed by atoms with Crippen molar-refractivity contribution in [2.24, 2.45) is 0 Å². The van der Waals surface area contributed by atoms with Crippen LogP contribution in [0.25, 0.3) is 11.1 Å². The molecule has 0 bridgehead atoms. The highest BCUT2D eigenvalue weighted by Crippen LogP contribution is 2.37. The molecule has 0 amide bonds. The zero-order valence-electron chi connectivity index (χ0n) is 9.81. The van der Waals surface area contributed by atoms with E-state index >= 15 is 0 Å². The van der Waals surface area contributed by atoms with Gasteiger partial charge in [-0.3, -0.25) is 4.98 Å². The highest BCUT2D eigenvalue weighted by Gasteiger charge is 2.10. The molecule has 1 heterocycles. The Morgan fingerprint density at radius 3 is 2.53 bits per heavy atom. The van der Waals surface area contributed by atoms with E-state index in [0.29, 0.717) is 17.2 Å². The summed E-state index contributed by atoms with van der Waals surface area (Å²) in [6, 6.07) is 7.57. The summed E-state index contributed by atoms with van der Waals surface area (Å²) in [5, 5.41) is 0. The van der Waals surface area contributed by atoms with Crippen LogP contribution in [0.1, 0.15) is 0 Å². The Balaban J connectivity index is 2.54. The van der Waals surface area contributed by atoms with Gasteiger partial charge in [-0.2, -0.15) is 0 Å². The molecule has 1 aromatic heterocycles. The molecule has 2 aromatic rings. The van der Waals surface area contributed by atoms with Crippen molar-refractivity contribution >= 4 is 5.69 Å². The van der Waals surface area contributed by atoms with Gasteiger partial charge in [-0.05, 0) is 23.8 Å². The fraction of sp³-hybridized carbons (Fsp3) is 0.154. The molecule has 0 aliphatic carbocycles. The van der Waals surface area contributed by atoms with Crippen LogP contribution in [0.5, 0.6) is 11.5 Å². The van der Waals surface area contributed by atoms with Crippen LogP contribution in [0.3, 0.4) is 0 Å². The maximum atomic E-state index is 5.92. The molecule has 0 atom stereocenters. The first-order valence-corrected chi connectivity index (χ1v) is 5.18. The minimum Gasteiger partial charge on any atom is -0.493 e. The summed E-state index contributed by atoms with van der Waals surface area (Å²) in [7, 11) is 3.16. The predicted molar refractivity (Wildman–Crippen MR) is 67.2 cm³/mol. The lowest BCUT2D eigenvalue weighted by molar-refractivity contribution is 0.356. The van der Waals surface area contributed by atoms with Crippen LogP contribution >= 0.6 is 0 Å². The maximum absolute atomic E-state index is 5.92. The van der Waals surface area contributed by atoms with Crippen molar-refractivity contribution < 1.29 is 9.47 Å². The quantitative estimate of drug-likeness (QED) is 0.822. The summed E-state index contributed by atoms with van der Waals surface area (Å²) in [4.78, 5) is 4.08. The van der Waals surface area contributed by atoms with Gasteiger partial charge in [0, 0.05) is 18.0 Å². The van der Waals surface area contributed by atoms with E-state index in [2.05, 4.69) is 4.98 Å². The second-order valence-corrected chi connectivity index (χ2v) is 3.54. The highest BCUT2D eigenvalue weighted by molar-refractivity contribution is 5.74. The van der Waals surface area contributed by atoms with E-state index in [4.69, 9.17) is 15.2 Å². The summed E-state index contributed by atoms with van der Waals surface area (Å²) in [5.74, 6) is 1.17. The van der Waals surface area contributed by atoms with Gasteiger partial charge in [-0.25, -0.2) is 0 Å². The number of hydrogen-bond acceptors (Lipinski definition) is 4. The fourth-order valence-electron chi connectivity index (χ4n) is 1.69. The molecule has 2 N–H and O–H groups in total. The normalized spacial score (nSPS) is 10.0. The zero-order chi connectivity index (χ0) is 12.3. The van der Waals surface area contributed by atoms with Gasteiger partial charge < -0.3 is 15.2 Å². The second-order valence-electron chi connectivity index (χ2n) is 3.54. The number of anilines is 1. The molecule has 88 valence electrons. The third-order valence-electron chi connectivity index (χ3n) is 2.50. The zero-order valence-corrected chi connectivity index (χ0v) is 9.81. The molecular weight excluding hydrogens is 216 g/mol. The Hall–Kier alpha value is -2.23. The van der Waals surface area contributed by atoms with E-state index in [-0.39, 0.29) is 0 Å². The Morgan fingerprint density at radius 1 is 1.12 bits per heavy atom. The van der Waals surface area contributed by atoms with Gasteiger partial charge in [-0.1, -0.05) is 6.07 Å². The molecule has 4 nitrogen and oxygen atoms in total. The molecule has 17 heavy (non-hydrogen) atoms. The summed E-state index contributed by atoms with van der Waals surface area (Å²) in [6.07, 6.45) is 3.51. The lowest BCUT2D eigenvalue weighted by Gasteiger charge is -2.12. The number of ether oxygens (including phenoxy) is 2. The monoisotopic (exact) mass is 230 g/mol. The van der Waals surface area contributed by atoms with E-state index in [1.54, 1.807) is 26.6 Å². The molecule has 0 aliphatic heterocycles. The predicted octanol–water partition coefficient (Wildman–Crippen LogP) is 2.35. The molecule has 0 saturated carbocycles. The molecular formula is C13H14N2O2. The van der Waals surface area contributed by atoms with Crippen molar-refractivity contribution in [3.8, 4) is 22.6 Å². The number of nitrogens with zero attached hydrogens (tertiary/aromatic N) is 1. The van der Waals surface area contributed by atoms with Gasteiger partial charge in [0.05, 0.1) is 19.9 Å². The topological polar surface area (TPSA) is 57.4 Å². The van der Waals surface area contributed by atoms with Gasteiger partial charge in [0.1, 0.15) is 0 Å². The lowest BCUT2D eigenvalue weighted by Crippen LogP contribution is -1.97. The molecule has 1 aromatic carbocycles. The number of methoxy groups -OCH3 is 2. The number of rotatable bonds is 3. The average Bonchev–Trinajstić information content (AvgIpc) is 2.38. The van der Waals surface area contributed by atoms with E-state index < -0.39 is 0 Å². The van der Waals surface area contributed by atoms with E-state index in [1.807, 2.05) is 24.3 Å². The van der Waals surface area contributed by atoms with Gasteiger partial charge in [0.2, 0.25) is 0 Å². The number of aromatic nitrogens is 1. The van der Waals surface area contributed by atoms with Gasteiger partial charge in [0.15, 0.2) is 11.5 Å². The van der Waals surface area contributed by atoms with Crippen molar-refractivity contribution in [1.82, 2.24) is 4.98 Å². The first-order valence-electron chi connectivity index (χ1n) is 5.18. The molecule has 0 spiro atoms. The van der Waals surface area contributed by atoms with E-state index in [0.717, 1.165) is 11.1 Å². The van der Waals surface area contributed by atoms with Crippen LogP contribution in [0.2, 0.25) is 0 Å². The fourth-order valence-corrected chi connectivity index (χ4v) is 1.69. The van der Waals surface area contributed by atoms with Gasteiger partial charge >= 0.3 is 0 Å². The van der Waals surface area contributed by atoms with Crippen molar-refractivity contribution in [3.63, 3.8) is 0 Å². The highest BCUT2D eigenvalue weighted by atomic mass is 16.5. The maximum Gasteiger partial charge on any atom is 0.183 e. The summed E-state index contributed by atoms with van der Waals surface area (Å²) in [6.45, 7) is 0. The smallest absolute Gasteiger partial charge is 0.183 e. The van der Waals surface area contributed by atoms with Crippen molar-refractivity contribution in [2.75, 3.05) is 20.0 Å². The minimum absolute atomic E-state index is 0.547. The van der Waals surface area contributed by atoms with Crippen LogP contribution in [-0.2, 0) is 0 Å². The first-order chi connectivity index (χ1) is 8.26. The Kier molecular flexibility index (Phi) is 3.14. The first kappa shape index (κ1) is 11.3. The molecule has 0 radical (unpaired) electrons. The van der Waals surface area contributed by atoms with Crippen LogP contribution < -0.4 is 15.2 Å². The average molecular weight is 230 g/mol. The molecule has 2 rings (SSSR count). The lowest BCUT2D eigenvalue weighted by atomic mass is 10.1. The number of benzene rings is 1. The van der Waals surface area contributed by atoms with E-state index in [9.17, 15) is 0 Å². The summed E-state index contributed by atoms with van der Waals surface area (Å²) < 4.78 is 10.4. The van der Waals surface area contributed by atoms with Crippen LogP contribution in [0.4, 0.5) is 5.69 Å². The number of nitrogen functional groups attached to an aromatic ring is 1. The molecule has 4 heteroatoms. The molecule has 0 unspecified atom stereocenters. The van der Waals surface area contributed by atoms with E-state index in [1.165, 1.54) is 0 Å². The van der Waals surface area contributed by atoms with Crippen molar-refractivity contribution in [3.05, 3.63) is 36.7 Å². The SMILES string of the molecule is COc1cc(-c2cccnc2)cc(N)c1OC. The summed E-state index contributed by atoms with van der Waals surface area (Å²) in [5.41, 5.74) is 8.41. The van der Waals surface area contributed by atoms with Crippen LogP contribution in [0.15, 0.2) is 36.7 Å². The second kappa shape index (κ2) is 4.74. The number of pyridine rings is 1. The Labute approximate surface area is 100 Å². The Bertz CT molecular complexity index is 512. The van der Waals surface area contributed by atoms with Gasteiger partial charge in [0.25, 0.3) is 0 Å². The third-order valence-corrected chi connectivity index (χ3v) is 2.50. The van der Waals surface area contributed by atoms with Crippen LogP contribution in [0, 0.1) is 0 Å². The minimum atomic E-state index is 0.547. The largest absolute Gasteiger partial charge is 0.493 e. The standard InChI is InChI=1S/C13H14N2O2/c1-16-12-7-10(6-11(14)13(12)17-2)9-4-3-5-15-8-9/h3-8H,14H2,1-2H3. The molecule has 0 saturated heterocycles. The molecule has 0 fully saturated rings. The van der Waals surface area contributed by atoms with Crippen molar-refractivity contribution in [2.45, 2.75) is 0 Å². The van der Waals surface area contributed by atoms with Crippen molar-refractivity contribution in [1.29, 1.82) is 0 Å². The number of hydrogen-bond donors (Lipinski definition) is 1. The van der Waals surface area contributed by atoms with Crippen LogP contribution in [-0.4, -0.2) is 19.2 Å². The number of nitrogens with two attached hydrogens (primary N) is 1. The van der Waals surface area contributed by atoms with Gasteiger partial charge in [-0.15, -0.1) is 0 Å².